The Kier molecular flexibility index (Phi) is 3.14. The van der Waals surface area contributed by atoms with Gasteiger partial charge >= 0.3 is 0 Å². The van der Waals surface area contributed by atoms with E-state index in [2.05, 4.69) is 22.9 Å². The molecule has 0 amide bonds. The van der Waals surface area contributed by atoms with Gasteiger partial charge < -0.3 is 4.90 Å². The zero-order chi connectivity index (χ0) is 9.80. The average molecular weight is 190 g/mol. The van der Waals surface area contributed by atoms with Crippen LogP contribution in [0.4, 0.5) is 0 Å². The van der Waals surface area contributed by atoms with Gasteiger partial charge in [0.2, 0.25) is 0 Å². The summed E-state index contributed by atoms with van der Waals surface area (Å²) in [5.41, 5.74) is 2.59. The van der Waals surface area contributed by atoms with E-state index in [1.165, 1.54) is 43.7 Å². The number of aryl methyl sites for hydroxylation is 1. The van der Waals surface area contributed by atoms with Gasteiger partial charge in [0.05, 0.1) is 0 Å². The van der Waals surface area contributed by atoms with Crippen LogP contribution >= 0.6 is 0 Å². The van der Waals surface area contributed by atoms with Crippen LogP contribution in [0.15, 0.2) is 18.3 Å². The molecule has 1 saturated heterocycles. The summed E-state index contributed by atoms with van der Waals surface area (Å²) in [7, 11) is 0. The lowest BCUT2D eigenvalue weighted by atomic mass is 10.1. The van der Waals surface area contributed by atoms with Crippen molar-refractivity contribution in [3.8, 4) is 0 Å². The highest BCUT2D eigenvalue weighted by Crippen LogP contribution is 2.10. The Morgan fingerprint density at radius 1 is 1.36 bits per heavy atom. The molecular weight excluding hydrogens is 172 g/mol. The largest absolute Gasteiger partial charge is 0.303 e. The van der Waals surface area contributed by atoms with Gasteiger partial charge in [-0.3, -0.25) is 4.98 Å². The number of rotatable bonds is 3. The van der Waals surface area contributed by atoms with Gasteiger partial charge in [0.25, 0.3) is 0 Å². The minimum atomic E-state index is 1.10. The molecule has 14 heavy (non-hydrogen) atoms. The third-order valence-electron chi connectivity index (χ3n) is 2.98. The normalized spacial score (nSPS) is 17.5. The van der Waals surface area contributed by atoms with Crippen molar-refractivity contribution in [3.05, 3.63) is 29.6 Å². The first kappa shape index (κ1) is 9.66. The SMILES string of the molecule is Cc1cccnc1CCN1CCCC1. The molecule has 2 rings (SSSR count). The van der Waals surface area contributed by atoms with E-state index >= 15 is 0 Å². The summed E-state index contributed by atoms with van der Waals surface area (Å²) in [4.78, 5) is 6.95. The molecule has 0 N–H and O–H groups in total. The molecule has 0 bridgehead atoms. The van der Waals surface area contributed by atoms with Gasteiger partial charge in [0.15, 0.2) is 0 Å². The van der Waals surface area contributed by atoms with Crippen molar-refractivity contribution < 1.29 is 0 Å². The van der Waals surface area contributed by atoms with Crippen LogP contribution in [0.1, 0.15) is 24.1 Å². The van der Waals surface area contributed by atoms with E-state index in [1.807, 2.05) is 12.3 Å². The smallest absolute Gasteiger partial charge is 0.0445 e. The molecular formula is C12H18N2. The Bertz CT molecular complexity index is 290. The van der Waals surface area contributed by atoms with Crippen molar-refractivity contribution in [2.24, 2.45) is 0 Å². The molecule has 1 fully saturated rings. The van der Waals surface area contributed by atoms with Crippen LogP contribution in [0.3, 0.4) is 0 Å². The Morgan fingerprint density at radius 2 is 2.14 bits per heavy atom. The van der Waals surface area contributed by atoms with E-state index < -0.39 is 0 Å². The number of hydrogen-bond acceptors (Lipinski definition) is 2. The standard InChI is InChI=1S/C12H18N2/c1-11-5-4-7-13-12(11)6-10-14-8-2-3-9-14/h4-5,7H,2-3,6,8-10H2,1H3. The molecule has 2 heteroatoms. The summed E-state index contributed by atoms with van der Waals surface area (Å²) < 4.78 is 0. The monoisotopic (exact) mass is 190 g/mol. The number of hydrogen-bond donors (Lipinski definition) is 0. The summed E-state index contributed by atoms with van der Waals surface area (Å²) in [6.45, 7) is 5.89. The summed E-state index contributed by atoms with van der Waals surface area (Å²) in [6.07, 6.45) is 5.75. The molecule has 2 nitrogen and oxygen atoms in total. The van der Waals surface area contributed by atoms with E-state index in [0.29, 0.717) is 0 Å². The highest BCUT2D eigenvalue weighted by Gasteiger charge is 2.11. The van der Waals surface area contributed by atoms with Crippen LogP contribution in [0.2, 0.25) is 0 Å². The van der Waals surface area contributed by atoms with Crippen LogP contribution in [-0.2, 0) is 6.42 Å². The zero-order valence-corrected chi connectivity index (χ0v) is 8.87. The lowest BCUT2D eigenvalue weighted by Gasteiger charge is -2.14. The lowest BCUT2D eigenvalue weighted by Crippen LogP contribution is -2.22. The molecule has 0 aromatic carbocycles. The van der Waals surface area contributed by atoms with Gasteiger partial charge in [-0.05, 0) is 44.5 Å². The fraction of sp³-hybridized carbons (Fsp3) is 0.583. The highest BCUT2D eigenvalue weighted by molar-refractivity contribution is 5.17. The first-order chi connectivity index (χ1) is 6.86. The zero-order valence-electron chi connectivity index (χ0n) is 8.87. The van der Waals surface area contributed by atoms with E-state index in [0.717, 1.165) is 6.42 Å². The first-order valence-corrected chi connectivity index (χ1v) is 5.49. The topological polar surface area (TPSA) is 16.1 Å². The van der Waals surface area contributed by atoms with E-state index in [1.54, 1.807) is 0 Å². The molecule has 0 aliphatic carbocycles. The number of aromatic nitrogens is 1. The Hall–Kier alpha value is -0.890. The van der Waals surface area contributed by atoms with Gasteiger partial charge in [0, 0.05) is 24.9 Å². The summed E-state index contributed by atoms with van der Waals surface area (Å²) in [5.74, 6) is 0. The second-order valence-corrected chi connectivity index (χ2v) is 4.07. The molecule has 1 aromatic rings. The van der Waals surface area contributed by atoms with Crippen LogP contribution in [0, 0.1) is 6.92 Å². The number of nitrogens with zero attached hydrogens (tertiary/aromatic N) is 2. The number of likely N-dealkylation sites (tertiary alicyclic amines) is 1. The quantitative estimate of drug-likeness (QED) is 0.725. The maximum absolute atomic E-state index is 4.41. The van der Waals surface area contributed by atoms with Gasteiger partial charge in [0.1, 0.15) is 0 Å². The summed E-state index contributed by atoms with van der Waals surface area (Å²) in [5, 5.41) is 0. The molecule has 0 unspecified atom stereocenters. The van der Waals surface area contributed by atoms with Gasteiger partial charge in [-0.25, -0.2) is 0 Å². The summed E-state index contributed by atoms with van der Waals surface area (Å²) >= 11 is 0. The Morgan fingerprint density at radius 3 is 2.86 bits per heavy atom. The van der Waals surface area contributed by atoms with E-state index in [-0.39, 0.29) is 0 Å². The molecule has 2 heterocycles. The first-order valence-electron chi connectivity index (χ1n) is 5.49. The lowest BCUT2D eigenvalue weighted by molar-refractivity contribution is 0.342. The second kappa shape index (κ2) is 4.56. The minimum Gasteiger partial charge on any atom is -0.303 e. The Labute approximate surface area is 86.0 Å². The third kappa shape index (κ3) is 2.32. The average Bonchev–Trinajstić information content (AvgIpc) is 2.69. The Balaban J connectivity index is 1.88. The predicted octanol–water partition coefficient (Wildman–Crippen LogP) is 2.03. The van der Waals surface area contributed by atoms with Crippen LogP contribution < -0.4 is 0 Å². The van der Waals surface area contributed by atoms with Crippen molar-refractivity contribution in [3.63, 3.8) is 0 Å². The molecule has 0 saturated carbocycles. The summed E-state index contributed by atoms with van der Waals surface area (Å²) in [6, 6.07) is 4.15. The maximum atomic E-state index is 4.41. The maximum Gasteiger partial charge on any atom is 0.0445 e. The van der Waals surface area contributed by atoms with Gasteiger partial charge in [-0.1, -0.05) is 6.07 Å². The van der Waals surface area contributed by atoms with E-state index in [4.69, 9.17) is 0 Å². The molecule has 1 aliphatic rings. The van der Waals surface area contributed by atoms with Crippen LogP contribution in [0.25, 0.3) is 0 Å². The molecule has 1 aliphatic heterocycles. The molecule has 0 radical (unpaired) electrons. The highest BCUT2D eigenvalue weighted by atomic mass is 15.1. The van der Waals surface area contributed by atoms with Crippen molar-refractivity contribution in [1.29, 1.82) is 0 Å². The van der Waals surface area contributed by atoms with Crippen LogP contribution in [-0.4, -0.2) is 29.5 Å². The fourth-order valence-electron chi connectivity index (χ4n) is 2.05. The predicted molar refractivity (Wildman–Crippen MR) is 58.4 cm³/mol. The molecule has 0 spiro atoms. The molecule has 76 valence electrons. The van der Waals surface area contributed by atoms with Crippen molar-refractivity contribution in [2.75, 3.05) is 19.6 Å². The van der Waals surface area contributed by atoms with Crippen LogP contribution in [0.5, 0.6) is 0 Å². The second-order valence-electron chi connectivity index (χ2n) is 4.07. The fourth-order valence-corrected chi connectivity index (χ4v) is 2.05. The van der Waals surface area contributed by atoms with Crippen molar-refractivity contribution in [2.45, 2.75) is 26.2 Å². The van der Waals surface area contributed by atoms with Gasteiger partial charge in [-0.2, -0.15) is 0 Å². The molecule has 0 atom stereocenters. The van der Waals surface area contributed by atoms with Crippen molar-refractivity contribution in [1.82, 2.24) is 9.88 Å². The number of pyridine rings is 1. The van der Waals surface area contributed by atoms with Gasteiger partial charge in [-0.15, -0.1) is 0 Å². The van der Waals surface area contributed by atoms with E-state index in [9.17, 15) is 0 Å². The molecule has 1 aromatic heterocycles. The minimum absolute atomic E-state index is 1.10. The third-order valence-corrected chi connectivity index (χ3v) is 2.98. The van der Waals surface area contributed by atoms with Crippen molar-refractivity contribution >= 4 is 0 Å².